The molecule has 2 aromatic carbocycles. The molecule has 0 saturated heterocycles. The number of nitrogen functional groups attached to an aromatic ring is 1. The standard InChI is InChI=1S/C17H19N3S/c1-2-21-17-5-3-4-16(15(17)12-18)20-11-10-13-6-8-14(19)9-7-13/h3-9,20H,2,10-11,19H2,1H3. The van der Waals surface area contributed by atoms with E-state index in [1.807, 2.05) is 42.5 Å². The van der Waals surface area contributed by atoms with Crippen molar-refractivity contribution in [2.75, 3.05) is 23.3 Å². The van der Waals surface area contributed by atoms with Crippen LogP contribution in [0.4, 0.5) is 11.4 Å². The smallest absolute Gasteiger partial charge is 0.102 e. The first-order chi connectivity index (χ1) is 10.2. The molecule has 0 atom stereocenters. The molecule has 0 aliphatic heterocycles. The van der Waals surface area contributed by atoms with Gasteiger partial charge in [-0.1, -0.05) is 25.1 Å². The molecule has 0 spiro atoms. The van der Waals surface area contributed by atoms with Gasteiger partial charge in [0, 0.05) is 17.1 Å². The Bertz CT molecular complexity index is 629. The van der Waals surface area contributed by atoms with Crippen LogP contribution in [0.15, 0.2) is 47.4 Å². The second kappa shape index (κ2) is 7.61. The Hall–Kier alpha value is -2.12. The number of hydrogen-bond donors (Lipinski definition) is 2. The molecule has 2 aromatic rings. The number of thioether (sulfide) groups is 1. The van der Waals surface area contributed by atoms with Crippen LogP contribution in [0.2, 0.25) is 0 Å². The summed E-state index contributed by atoms with van der Waals surface area (Å²) in [4.78, 5) is 1.04. The molecule has 0 heterocycles. The van der Waals surface area contributed by atoms with Crippen molar-refractivity contribution in [1.29, 1.82) is 5.26 Å². The maximum absolute atomic E-state index is 9.36. The van der Waals surface area contributed by atoms with Crippen LogP contribution in [-0.4, -0.2) is 12.3 Å². The molecular weight excluding hydrogens is 278 g/mol. The summed E-state index contributed by atoms with van der Waals surface area (Å²) >= 11 is 1.70. The van der Waals surface area contributed by atoms with E-state index in [4.69, 9.17) is 5.73 Å². The Morgan fingerprint density at radius 1 is 1.19 bits per heavy atom. The molecule has 4 heteroatoms. The predicted molar refractivity (Wildman–Crippen MR) is 90.6 cm³/mol. The largest absolute Gasteiger partial charge is 0.399 e. The molecule has 3 nitrogen and oxygen atoms in total. The van der Waals surface area contributed by atoms with Gasteiger partial charge in [0.1, 0.15) is 6.07 Å². The lowest BCUT2D eigenvalue weighted by molar-refractivity contribution is 1.02. The van der Waals surface area contributed by atoms with Crippen LogP contribution in [0.5, 0.6) is 0 Å². The minimum Gasteiger partial charge on any atom is -0.399 e. The lowest BCUT2D eigenvalue weighted by Gasteiger charge is -2.11. The average molecular weight is 297 g/mol. The molecule has 0 amide bonds. The quantitative estimate of drug-likeness (QED) is 0.627. The van der Waals surface area contributed by atoms with Crippen molar-refractivity contribution >= 4 is 23.1 Å². The average Bonchev–Trinajstić information content (AvgIpc) is 2.50. The molecule has 0 fully saturated rings. The summed E-state index contributed by atoms with van der Waals surface area (Å²) in [6.45, 7) is 2.88. The first-order valence-corrected chi connectivity index (χ1v) is 7.97. The van der Waals surface area contributed by atoms with Gasteiger partial charge in [-0.15, -0.1) is 11.8 Å². The number of nitriles is 1. The van der Waals surface area contributed by atoms with Crippen LogP contribution in [0.25, 0.3) is 0 Å². The fourth-order valence-electron chi connectivity index (χ4n) is 2.10. The molecule has 108 valence electrons. The summed E-state index contributed by atoms with van der Waals surface area (Å²) in [6.07, 6.45) is 0.899. The number of hydrogen-bond acceptors (Lipinski definition) is 4. The number of rotatable bonds is 6. The molecule has 2 rings (SSSR count). The maximum atomic E-state index is 9.36. The minimum absolute atomic E-state index is 0.738. The summed E-state index contributed by atoms with van der Waals surface area (Å²) in [6, 6.07) is 16.1. The lowest BCUT2D eigenvalue weighted by Crippen LogP contribution is -2.06. The molecule has 21 heavy (non-hydrogen) atoms. The number of benzene rings is 2. The molecule has 0 aliphatic carbocycles. The molecule has 0 bridgehead atoms. The van der Waals surface area contributed by atoms with Crippen LogP contribution in [0.1, 0.15) is 18.1 Å². The van der Waals surface area contributed by atoms with E-state index >= 15 is 0 Å². The second-order valence-corrected chi connectivity index (χ2v) is 5.95. The van der Waals surface area contributed by atoms with E-state index in [0.29, 0.717) is 0 Å². The first kappa shape index (κ1) is 15.3. The van der Waals surface area contributed by atoms with E-state index in [1.54, 1.807) is 11.8 Å². The summed E-state index contributed by atoms with van der Waals surface area (Å²) < 4.78 is 0. The van der Waals surface area contributed by atoms with Gasteiger partial charge in [-0.2, -0.15) is 5.26 Å². The molecule has 3 N–H and O–H groups in total. The molecule has 0 saturated carbocycles. The van der Waals surface area contributed by atoms with Gasteiger partial charge < -0.3 is 11.1 Å². The second-order valence-electron chi connectivity index (χ2n) is 4.64. The summed E-state index contributed by atoms with van der Waals surface area (Å²) in [5.74, 6) is 0.962. The van der Waals surface area contributed by atoms with E-state index < -0.39 is 0 Å². The van der Waals surface area contributed by atoms with Gasteiger partial charge in [-0.05, 0) is 42.0 Å². The number of anilines is 2. The van der Waals surface area contributed by atoms with Crippen molar-refractivity contribution in [2.45, 2.75) is 18.2 Å². The highest BCUT2D eigenvalue weighted by Crippen LogP contribution is 2.27. The Labute approximate surface area is 130 Å². The molecule has 0 aromatic heterocycles. The van der Waals surface area contributed by atoms with Crippen molar-refractivity contribution in [3.05, 3.63) is 53.6 Å². The van der Waals surface area contributed by atoms with Crippen molar-refractivity contribution < 1.29 is 0 Å². The zero-order chi connectivity index (χ0) is 15.1. The third-order valence-electron chi connectivity index (χ3n) is 3.15. The maximum Gasteiger partial charge on any atom is 0.102 e. The summed E-state index contributed by atoms with van der Waals surface area (Å²) in [5.41, 5.74) is 9.33. The van der Waals surface area contributed by atoms with Gasteiger partial charge in [-0.3, -0.25) is 0 Å². The number of nitrogens with one attached hydrogen (secondary N) is 1. The Kier molecular flexibility index (Phi) is 5.53. The summed E-state index contributed by atoms with van der Waals surface area (Å²) in [5, 5.41) is 12.7. The molecule has 0 unspecified atom stereocenters. The Morgan fingerprint density at radius 2 is 1.95 bits per heavy atom. The van der Waals surface area contributed by atoms with E-state index in [0.717, 1.165) is 40.6 Å². The highest BCUT2D eigenvalue weighted by atomic mass is 32.2. The van der Waals surface area contributed by atoms with E-state index in [9.17, 15) is 5.26 Å². The van der Waals surface area contributed by atoms with Crippen LogP contribution in [0.3, 0.4) is 0 Å². The predicted octanol–water partition coefficient (Wildman–Crippen LogP) is 3.91. The van der Waals surface area contributed by atoms with Gasteiger partial charge in [0.2, 0.25) is 0 Å². The molecule has 0 aliphatic rings. The molecular formula is C17H19N3S. The third kappa shape index (κ3) is 4.17. The van der Waals surface area contributed by atoms with Gasteiger partial charge in [0.25, 0.3) is 0 Å². The zero-order valence-corrected chi connectivity index (χ0v) is 12.9. The Balaban J connectivity index is 2.01. The lowest BCUT2D eigenvalue weighted by atomic mass is 10.1. The highest BCUT2D eigenvalue weighted by molar-refractivity contribution is 7.99. The Morgan fingerprint density at radius 3 is 2.62 bits per heavy atom. The highest BCUT2D eigenvalue weighted by Gasteiger charge is 2.07. The van der Waals surface area contributed by atoms with Crippen LogP contribution < -0.4 is 11.1 Å². The zero-order valence-electron chi connectivity index (χ0n) is 12.1. The SMILES string of the molecule is CCSc1cccc(NCCc2ccc(N)cc2)c1C#N. The van der Waals surface area contributed by atoms with Crippen molar-refractivity contribution in [3.63, 3.8) is 0 Å². The minimum atomic E-state index is 0.738. The summed E-state index contributed by atoms with van der Waals surface area (Å²) in [7, 11) is 0. The first-order valence-electron chi connectivity index (χ1n) is 6.98. The van der Waals surface area contributed by atoms with Crippen molar-refractivity contribution in [2.24, 2.45) is 0 Å². The fourth-order valence-corrected chi connectivity index (χ4v) is 2.88. The van der Waals surface area contributed by atoms with Crippen molar-refractivity contribution in [3.8, 4) is 6.07 Å². The van der Waals surface area contributed by atoms with Crippen LogP contribution >= 0.6 is 11.8 Å². The van der Waals surface area contributed by atoms with E-state index in [1.165, 1.54) is 5.56 Å². The van der Waals surface area contributed by atoms with E-state index in [-0.39, 0.29) is 0 Å². The fraction of sp³-hybridized carbons (Fsp3) is 0.235. The van der Waals surface area contributed by atoms with E-state index in [2.05, 4.69) is 18.3 Å². The van der Waals surface area contributed by atoms with Crippen molar-refractivity contribution in [1.82, 2.24) is 0 Å². The topological polar surface area (TPSA) is 61.8 Å². The van der Waals surface area contributed by atoms with Crippen LogP contribution in [-0.2, 0) is 6.42 Å². The van der Waals surface area contributed by atoms with Crippen LogP contribution in [0, 0.1) is 11.3 Å². The number of nitrogens with two attached hydrogens (primary N) is 1. The van der Waals surface area contributed by atoms with Gasteiger partial charge >= 0.3 is 0 Å². The molecule has 0 radical (unpaired) electrons. The van der Waals surface area contributed by atoms with Gasteiger partial charge in [0.15, 0.2) is 0 Å². The van der Waals surface area contributed by atoms with Gasteiger partial charge in [0.05, 0.1) is 11.3 Å². The third-order valence-corrected chi connectivity index (χ3v) is 4.09. The monoisotopic (exact) mass is 297 g/mol. The normalized spacial score (nSPS) is 10.1. The number of nitrogens with zero attached hydrogens (tertiary/aromatic N) is 1. The van der Waals surface area contributed by atoms with Gasteiger partial charge in [-0.25, -0.2) is 0 Å².